The van der Waals surface area contributed by atoms with E-state index >= 15 is 0 Å². The van der Waals surface area contributed by atoms with Crippen LogP contribution in [0.25, 0.3) is 92.2 Å². The van der Waals surface area contributed by atoms with Crippen LogP contribution in [0.2, 0.25) is 0 Å². The van der Waals surface area contributed by atoms with E-state index in [9.17, 15) is 0 Å². The summed E-state index contributed by atoms with van der Waals surface area (Å²) in [6.07, 6.45) is 0. The average molecular weight is 907 g/mol. The third-order valence-corrected chi connectivity index (χ3v) is 16.4. The normalized spacial score (nSPS) is 14.3. The molecule has 15 rings (SSSR count). The Kier molecular flexibility index (Phi) is 8.48. The Balaban J connectivity index is 0.967. The number of fused-ring (bicyclic) bond motifs is 15. The molecule has 0 fully saturated rings. The Morgan fingerprint density at radius 2 is 0.914 bits per heavy atom. The zero-order valence-electron chi connectivity index (χ0n) is 38.1. The van der Waals surface area contributed by atoms with Gasteiger partial charge in [0.2, 0.25) is 0 Å². The quantitative estimate of drug-likeness (QED) is 0.161. The van der Waals surface area contributed by atoms with E-state index in [0.29, 0.717) is 0 Å². The standard InChI is InChI=1S/C67H42N2S/c1-2-16-43(17-3-1)44-32-34-45(35-33-44)49-18-5-10-28-61(49)68(47-38-36-46(37-39-47)50-22-14-24-56-54-21-7-13-31-64(54)70-66(50)56)48-40-41-52-51-19-4-8-25-57(51)67(60(52)42-48)58-26-9-12-30-63(58)69-62-29-11-6-20-53(62)55-23-15-27-59(67)65(55)69/h1-42H. The molecule has 13 aromatic rings. The summed E-state index contributed by atoms with van der Waals surface area (Å²) in [6, 6.07) is 94.9. The molecule has 1 aliphatic heterocycles. The van der Waals surface area contributed by atoms with Gasteiger partial charge in [0.15, 0.2) is 0 Å². The Morgan fingerprint density at radius 3 is 1.79 bits per heavy atom. The van der Waals surface area contributed by atoms with Gasteiger partial charge in [-0.1, -0.05) is 206 Å². The van der Waals surface area contributed by atoms with E-state index in [1.165, 1.54) is 109 Å². The summed E-state index contributed by atoms with van der Waals surface area (Å²) in [4.78, 5) is 2.49. The Morgan fingerprint density at radius 1 is 0.343 bits per heavy atom. The summed E-state index contributed by atoms with van der Waals surface area (Å²) in [7, 11) is 0. The van der Waals surface area contributed by atoms with E-state index in [2.05, 4.69) is 264 Å². The summed E-state index contributed by atoms with van der Waals surface area (Å²) in [5.41, 5.74) is 21.5. The molecule has 2 aliphatic rings. The Hall–Kier alpha value is -8.76. The van der Waals surface area contributed by atoms with Crippen molar-refractivity contribution in [3.63, 3.8) is 0 Å². The topological polar surface area (TPSA) is 8.17 Å². The lowest BCUT2D eigenvalue weighted by molar-refractivity contribution is 0.748. The molecule has 326 valence electrons. The highest BCUT2D eigenvalue weighted by Crippen LogP contribution is 2.62. The molecule has 1 unspecified atom stereocenters. The Bertz CT molecular complexity index is 4240. The van der Waals surface area contributed by atoms with Crippen molar-refractivity contribution >= 4 is 70.4 Å². The second-order valence-electron chi connectivity index (χ2n) is 18.7. The van der Waals surface area contributed by atoms with Gasteiger partial charge in [-0.05, 0) is 110 Å². The number of hydrogen-bond donors (Lipinski definition) is 0. The van der Waals surface area contributed by atoms with Gasteiger partial charge in [-0.3, -0.25) is 0 Å². The van der Waals surface area contributed by atoms with Crippen LogP contribution in [0.15, 0.2) is 255 Å². The third kappa shape index (κ3) is 5.49. The second kappa shape index (κ2) is 15.1. The van der Waals surface area contributed by atoms with Gasteiger partial charge in [0, 0.05) is 47.9 Å². The molecule has 1 atom stereocenters. The number of hydrogen-bond acceptors (Lipinski definition) is 2. The van der Waals surface area contributed by atoms with Crippen LogP contribution in [0, 0.1) is 0 Å². The number of benzene rings is 11. The highest BCUT2D eigenvalue weighted by atomic mass is 32.1. The van der Waals surface area contributed by atoms with Crippen molar-refractivity contribution in [3.8, 4) is 50.2 Å². The van der Waals surface area contributed by atoms with Crippen molar-refractivity contribution in [2.24, 2.45) is 0 Å². The van der Waals surface area contributed by atoms with Crippen LogP contribution >= 0.6 is 11.3 Å². The second-order valence-corrected chi connectivity index (χ2v) is 19.8. The van der Waals surface area contributed by atoms with Gasteiger partial charge in [0.25, 0.3) is 0 Å². The molecular weight excluding hydrogens is 865 g/mol. The first kappa shape index (κ1) is 39.3. The zero-order chi connectivity index (χ0) is 45.9. The van der Waals surface area contributed by atoms with Crippen LogP contribution in [0.1, 0.15) is 22.3 Å². The first-order chi connectivity index (χ1) is 34.7. The molecule has 70 heavy (non-hydrogen) atoms. The van der Waals surface area contributed by atoms with Crippen LogP contribution in [0.3, 0.4) is 0 Å². The van der Waals surface area contributed by atoms with Gasteiger partial charge in [-0.2, -0.15) is 0 Å². The monoisotopic (exact) mass is 906 g/mol. The molecule has 3 heteroatoms. The molecule has 1 aliphatic carbocycles. The summed E-state index contributed by atoms with van der Waals surface area (Å²) >= 11 is 1.88. The van der Waals surface area contributed by atoms with Crippen molar-refractivity contribution in [3.05, 3.63) is 277 Å². The maximum Gasteiger partial charge on any atom is 0.0755 e. The summed E-state index contributed by atoms with van der Waals surface area (Å²) in [5.74, 6) is 0. The van der Waals surface area contributed by atoms with Gasteiger partial charge < -0.3 is 9.47 Å². The largest absolute Gasteiger partial charge is 0.310 e. The lowest BCUT2D eigenvalue weighted by Crippen LogP contribution is -2.33. The first-order valence-electron chi connectivity index (χ1n) is 24.2. The van der Waals surface area contributed by atoms with E-state index in [1.54, 1.807) is 0 Å². The van der Waals surface area contributed by atoms with E-state index in [4.69, 9.17) is 0 Å². The molecule has 0 amide bonds. The molecule has 1 spiro atoms. The van der Waals surface area contributed by atoms with Crippen LogP contribution in [0.4, 0.5) is 17.1 Å². The summed E-state index contributed by atoms with van der Waals surface area (Å²) in [5, 5.41) is 5.18. The predicted octanol–water partition coefficient (Wildman–Crippen LogP) is 18.3. The predicted molar refractivity (Wildman–Crippen MR) is 296 cm³/mol. The van der Waals surface area contributed by atoms with Crippen LogP contribution in [-0.2, 0) is 5.41 Å². The lowest BCUT2D eigenvalue weighted by atomic mass is 9.65. The molecule has 0 N–H and O–H groups in total. The number of thiophene rings is 1. The van der Waals surface area contributed by atoms with Crippen LogP contribution in [0.5, 0.6) is 0 Å². The SMILES string of the molecule is c1ccc(-c2ccc(-c3ccccc3N(c3ccc(-c4cccc5c4sc4ccccc45)cc3)c3ccc4c(c3)C3(c5ccccc5-4)c4ccccc4-n4c5ccccc5c5cccc3c54)cc2)cc1. The maximum atomic E-state index is 2.53. The van der Waals surface area contributed by atoms with Gasteiger partial charge in [-0.15, -0.1) is 11.3 Å². The van der Waals surface area contributed by atoms with Gasteiger partial charge in [-0.25, -0.2) is 0 Å². The van der Waals surface area contributed by atoms with Crippen molar-refractivity contribution in [2.75, 3.05) is 4.90 Å². The smallest absolute Gasteiger partial charge is 0.0755 e. The number of aromatic nitrogens is 1. The molecule has 2 nitrogen and oxygen atoms in total. The molecule has 2 aromatic heterocycles. The molecule has 0 bridgehead atoms. The van der Waals surface area contributed by atoms with Gasteiger partial charge in [0.05, 0.1) is 27.8 Å². The van der Waals surface area contributed by atoms with Crippen molar-refractivity contribution < 1.29 is 0 Å². The minimum atomic E-state index is -0.576. The van der Waals surface area contributed by atoms with E-state index in [1.807, 2.05) is 11.3 Å². The van der Waals surface area contributed by atoms with E-state index < -0.39 is 5.41 Å². The van der Waals surface area contributed by atoms with Crippen molar-refractivity contribution in [1.29, 1.82) is 0 Å². The summed E-state index contributed by atoms with van der Waals surface area (Å²) in [6.45, 7) is 0. The highest BCUT2D eigenvalue weighted by molar-refractivity contribution is 7.26. The van der Waals surface area contributed by atoms with Crippen LogP contribution < -0.4 is 4.90 Å². The average Bonchev–Trinajstić information content (AvgIpc) is 4.08. The van der Waals surface area contributed by atoms with Gasteiger partial charge in [0.1, 0.15) is 0 Å². The first-order valence-corrected chi connectivity index (χ1v) is 25.0. The summed E-state index contributed by atoms with van der Waals surface area (Å²) < 4.78 is 5.16. The van der Waals surface area contributed by atoms with Crippen molar-refractivity contribution in [1.82, 2.24) is 4.57 Å². The molecule has 11 aromatic carbocycles. The lowest BCUT2D eigenvalue weighted by Gasteiger charge is -2.40. The number of anilines is 3. The highest BCUT2D eigenvalue weighted by Gasteiger charge is 2.51. The fraction of sp³-hybridized carbons (Fsp3) is 0.0149. The maximum absolute atomic E-state index is 2.53. The van der Waals surface area contributed by atoms with E-state index in [-0.39, 0.29) is 0 Å². The zero-order valence-corrected chi connectivity index (χ0v) is 38.9. The van der Waals surface area contributed by atoms with Crippen molar-refractivity contribution in [2.45, 2.75) is 5.41 Å². The minimum absolute atomic E-state index is 0.576. The van der Waals surface area contributed by atoms with E-state index in [0.717, 1.165) is 22.6 Å². The molecule has 0 saturated heterocycles. The third-order valence-electron chi connectivity index (χ3n) is 15.2. The van der Waals surface area contributed by atoms with Gasteiger partial charge >= 0.3 is 0 Å². The Labute approximate surface area is 410 Å². The minimum Gasteiger partial charge on any atom is -0.310 e. The fourth-order valence-electron chi connectivity index (χ4n) is 12.3. The fourth-order valence-corrected chi connectivity index (χ4v) is 13.5. The molecule has 0 saturated carbocycles. The number of rotatable bonds is 6. The molecular formula is C67H42N2S. The molecule has 3 heterocycles. The molecule has 0 radical (unpaired) electrons. The van der Waals surface area contributed by atoms with Crippen LogP contribution in [-0.4, -0.2) is 4.57 Å². The number of para-hydroxylation sites is 4. The number of nitrogens with zero attached hydrogens (tertiary/aromatic N) is 2.